The van der Waals surface area contributed by atoms with Crippen molar-refractivity contribution in [1.82, 2.24) is 0 Å². The monoisotopic (exact) mass is 201 g/mol. The number of nitrogens with zero attached hydrogens (tertiary/aromatic N) is 1. The minimum absolute atomic E-state index is 0.243. The first-order valence-corrected chi connectivity index (χ1v) is 4.47. The summed E-state index contributed by atoms with van der Waals surface area (Å²) in [6.07, 6.45) is 1.41. The quantitative estimate of drug-likeness (QED) is 0.590. The summed E-state index contributed by atoms with van der Waals surface area (Å²) in [4.78, 5) is 10.7. The molecule has 1 N–H and O–H groups in total. The van der Waals surface area contributed by atoms with E-state index in [0.717, 1.165) is 16.7 Å². The second kappa shape index (κ2) is 4.43. The molecule has 0 aliphatic carbocycles. The number of benzene rings is 1. The molecule has 0 aromatic heterocycles. The van der Waals surface area contributed by atoms with Crippen LogP contribution >= 0.6 is 0 Å². The van der Waals surface area contributed by atoms with E-state index in [1.54, 1.807) is 6.07 Å². The van der Waals surface area contributed by atoms with Gasteiger partial charge in [0, 0.05) is 0 Å². The third-order valence-electron chi connectivity index (χ3n) is 2.18. The summed E-state index contributed by atoms with van der Waals surface area (Å²) >= 11 is 0. The summed E-state index contributed by atoms with van der Waals surface area (Å²) in [5.41, 5.74) is 2.48. The van der Waals surface area contributed by atoms with Gasteiger partial charge in [-0.25, -0.2) is 4.79 Å². The first-order valence-electron chi connectivity index (χ1n) is 4.47. The van der Waals surface area contributed by atoms with Crippen molar-refractivity contribution < 1.29 is 9.90 Å². The van der Waals surface area contributed by atoms with Crippen molar-refractivity contribution in [1.29, 1.82) is 5.26 Å². The number of hydrogen-bond acceptors (Lipinski definition) is 2. The molecule has 0 unspecified atom stereocenters. The van der Waals surface area contributed by atoms with Gasteiger partial charge in [-0.3, -0.25) is 0 Å². The fraction of sp³-hybridized carbons (Fsp3) is 0.167. The fourth-order valence-electron chi connectivity index (χ4n) is 1.34. The summed E-state index contributed by atoms with van der Waals surface area (Å²) in [5.74, 6) is -1.19. The van der Waals surface area contributed by atoms with Gasteiger partial charge in [0.15, 0.2) is 0 Å². The van der Waals surface area contributed by atoms with Crippen LogP contribution in [0.3, 0.4) is 0 Å². The summed E-state index contributed by atoms with van der Waals surface area (Å²) in [6, 6.07) is 7.33. The lowest BCUT2D eigenvalue weighted by molar-refractivity contribution is -0.132. The molecule has 0 aliphatic rings. The molecule has 0 fully saturated rings. The van der Waals surface area contributed by atoms with Crippen LogP contribution < -0.4 is 0 Å². The maximum absolute atomic E-state index is 10.7. The molecule has 0 heterocycles. The lowest BCUT2D eigenvalue weighted by Gasteiger charge is -2.04. The molecule has 0 bridgehead atoms. The largest absolute Gasteiger partial charge is 0.477 e. The highest BCUT2D eigenvalue weighted by molar-refractivity contribution is 5.96. The number of carbonyl (C=O) groups is 1. The number of carboxylic acids is 1. The van der Waals surface area contributed by atoms with Gasteiger partial charge in [0.2, 0.25) is 0 Å². The number of rotatable bonds is 2. The highest BCUT2D eigenvalue weighted by atomic mass is 16.4. The third-order valence-corrected chi connectivity index (χ3v) is 2.18. The zero-order valence-corrected chi connectivity index (χ0v) is 8.61. The maximum atomic E-state index is 10.7. The maximum Gasteiger partial charge on any atom is 0.346 e. The topological polar surface area (TPSA) is 61.1 Å². The molecule has 0 saturated heterocycles. The highest BCUT2D eigenvalue weighted by Gasteiger charge is 2.07. The molecule has 1 aromatic rings. The van der Waals surface area contributed by atoms with Crippen LogP contribution in [0.25, 0.3) is 6.08 Å². The number of aliphatic carboxylic acids is 1. The van der Waals surface area contributed by atoms with Gasteiger partial charge in [0.25, 0.3) is 0 Å². The minimum atomic E-state index is -1.19. The average molecular weight is 201 g/mol. The molecule has 3 heteroatoms. The SMILES string of the molecule is Cc1cccc(C)c1/C=C(/C#N)C(=O)O. The molecule has 15 heavy (non-hydrogen) atoms. The molecular formula is C12H11NO2. The first kappa shape index (κ1) is 11.0. The van der Waals surface area contributed by atoms with Crippen molar-refractivity contribution in [2.45, 2.75) is 13.8 Å². The first-order chi connectivity index (χ1) is 7.06. The average Bonchev–Trinajstić information content (AvgIpc) is 2.17. The van der Waals surface area contributed by atoms with Gasteiger partial charge >= 0.3 is 5.97 Å². The van der Waals surface area contributed by atoms with Crippen LogP contribution in [0.1, 0.15) is 16.7 Å². The molecule has 3 nitrogen and oxygen atoms in total. The second-order valence-electron chi connectivity index (χ2n) is 3.28. The van der Waals surface area contributed by atoms with Crippen molar-refractivity contribution in [3.05, 3.63) is 40.5 Å². The van der Waals surface area contributed by atoms with E-state index >= 15 is 0 Å². The minimum Gasteiger partial charge on any atom is -0.477 e. The molecule has 0 atom stereocenters. The molecule has 0 radical (unpaired) electrons. The van der Waals surface area contributed by atoms with Crippen molar-refractivity contribution in [2.75, 3.05) is 0 Å². The predicted octanol–water partition coefficient (Wildman–Crippen LogP) is 2.30. The van der Waals surface area contributed by atoms with Crippen molar-refractivity contribution >= 4 is 12.0 Å². The normalized spacial score (nSPS) is 10.9. The number of aryl methyl sites for hydroxylation is 2. The molecule has 0 amide bonds. The highest BCUT2D eigenvalue weighted by Crippen LogP contribution is 2.16. The Kier molecular flexibility index (Phi) is 3.25. The third kappa shape index (κ3) is 2.44. The Balaban J connectivity index is 3.30. The van der Waals surface area contributed by atoms with E-state index in [1.807, 2.05) is 32.0 Å². The standard InChI is InChI=1S/C12H11NO2/c1-8-4-3-5-9(2)11(8)6-10(7-13)12(14)15/h3-6H,1-2H3,(H,14,15)/b10-6-. The van der Waals surface area contributed by atoms with E-state index in [1.165, 1.54) is 6.08 Å². The Morgan fingerprint density at radius 3 is 2.33 bits per heavy atom. The van der Waals surface area contributed by atoms with Gasteiger partial charge in [0.1, 0.15) is 11.6 Å². The van der Waals surface area contributed by atoms with E-state index in [-0.39, 0.29) is 5.57 Å². The Labute approximate surface area is 88.3 Å². The molecule has 76 valence electrons. The Hall–Kier alpha value is -2.08. The number of nitriles is 1. The Bertz CT molecular complexity index is 447. The van der Waals surface area contributed by atoms with Crippen LogP contribution in [0.5, 0.6) is 0 Å². The molecule has 1 rings (SSSR count). The lowest BCUT2D eigenvalue weighted by Crippen LogP contribution is -1.98. The molecular weight excluding hydrogens is 190 g/mol. The van der Waals surface area contributed by atoms with Gasteiger partial charge < -0.3 is 5.11 Å². The van der Waals surface area contributed by atoms with Crippen molar-refractivity contribution in [3.8, 4) is 6.07 Å². The van der Waals surface area contributed by atoms with Crippen LogP contribution in [0.15, 0.2) is 23.8 Å². The summed E-state index contributed by atoms with van der Waals surface area (Å²) in [5, 5.41) is 17.4. The summed E-state index contributed by atoms with van der Waals surface area (Å²) in [7, 11) is 0. The van der Waals surface area contributed by atoms with E-state index in [0.29, 0.717) is 0 Å². The van der Waals surface area contributed by atoms with Gasteiger partial charge in [-0.1, -0.05) is 18.2 Å². The summed E-state index contributed by atoms with van der Waals surface area (Å²) in [6.45, 7) is 3.77. The lowest BCUT2D eigenvalue weighted by atomic mass is 10.0. The van der Waals surface area contributed by atoms with Crippen LogP contribution in [0.2, 0.25) is 0 Å². The van der Waals surface area contributed by atoms with Crippen LogP contribution in [0, 0.1) is 25.2 Å². The van der Waals surface area contributed by atoms with Crippen LogP contribution in [0.4, 0.5) is 0 Å². The van der Waals surface area contributed by atoms with Gasteiger partial charge in [-0.2, -0.15) is 5.26 Å². The van der Waals surface area contributed by atoms with E-state index < -0.39 is 5.97 Å². The Morgan fingerprint density at radius 2 is 1.93 bits per heavy atom. The Morgan fingerprint density at radius 1 is 1.40 bits per heavy atom. The van der Waals surface area contributed by atoms with Gasteiger partial charge in [0.05, 0.1) is 0 Å². The van der Waals surface area contributed by atoms with E-state index in [9.17, 15) is 4.79 Å². The van der Waals surface area contributed by atoms with E-state index in [2.05, 4.69) is 0 Å². The predicted molar refractivity (Wildman–Crippen MR) is 57.1 cm³/mol. The van der Waals surface area contributed by atoms with Crippen molar-refractivity contribution in [3.63, 3.8) is 0 Å². The second-order valence-corrected chi connectivity index (χ2v) is 3.28. The number of hydrogen-bond donors (Lipinski definition) is 1. The van der Waals surface area contributed by atoms with E-state index in [4.69, 9.17) is 10.4 Å². The number of carboxylic acid groups (broad SMARTS) is 1. The zero-order chi connectivity index (χ0) is 11.4. The molecule has 0 aliphatic heterocycles. The van der Waals surface area contributed by atoms with Crippen LogP contribution in [-0.2, 0) is 4.79 Å². The van der Waals surface area contributed by atoms with Gasteiger partial charge in [-0.15, -0.1) is 0 Å². The van der Waals surface area contributed by atoms with Crippen LogP contribution in [-0.4, -0.2) is 11.1 Å². The van der Waals surface area contributed by atoms with Crippen molar-refractivity contribution in [2.24, 2.45) is 0 Å². The summed E-state index contributed by atoms with van der Waals surface area (Å²) < 4.78 is 0. The molecule has 0 saturated carbocycles. The molecule has 1 aromatic carbocycles. The smallest absolute Gasteiger partial charge is 0.346 e. The molecule has 0 spiro atoms. The fourth-order valence-corrected chi connectivity index (χ4v) is 1.34. The zero-order valence-electron chi connectivity index (χ0n) is 8.61. The van der Waals surface area contributed by atoms with Gasteiger partial charge in [-0.05, 0) is 36.6 Å².